The molecule has 0 amide bonds. The zero-order valence-electron chi connectivity index (χ0n) is 8.27. The van der Waals surface area contributed by atoms with Crippen LogP contribution in [0.5, 0.6) is 0 Å². The van der Waals surface area contributed by atoms with Gasteiger partial charge in [0.15, 0.2) is 0 Å². The van der Waals surface area contributed by atoms with Crippen molar-refractivity contribution < 1.29 is 4.74 Å². The van der Waals surface area contributed by atoms with Crippen LogP contribution < -0.4 is 0 Å². The fourth-order valence-corrected chi connectivity index (χ4v) is 1.58. The molecule has 76 valence electrons. The molecule has 1 aliphatic rings. The normalized spacial score (nSPS) is 15.2. The van der Waals surface area contributed by atoms with Crippen LogP contribution >= 0.6 is 15.9 Å². The van der Waals surface area contributed by atoms with E-state index >= 15 is 0 Å². The van der Waals surface area contributed by atoms with Gasteiger partial charge in [0.25, 0.3) is 0 Å². The fraction of sp³-hybridized carbons (Fsp3) is 0.0833. The van der Waals surface area contributed by atoms with Gasteiger partial charge >= 0.3 is 0 Å². The summed E-state index contributed by atoms with van der Waals surface area (Å²) in [6.45, 7) is 0. The SMILES string of the molecule is COC(=NC1=CC=C1Br)c1ccccc1. The van der Waals surface area contributed by atoms with Gasteiger partial charge in [-0.05, 0) is 40.2 Å². The molecule has 0 saturated carbocycles. The molecule has 0 aromatic heterocycles. The maximum absolute atomic E-state index is 5.25. The van der Waals surface area contributed by atoms with E-state index in [4.69, 9.17) is 4.74 Å². The molecule has 2 nitrogen and oxygen atoms in total. The average molecular weight is 264 g/mol. The molecular formula is C12H10BrNO. The van der Waals surface area contributed by atoms with E-state index in [2.05, 4.69) is 20.9 Å². The molecule has 0 N–H and O–H groups in total. The molecule has 1 aliphatic carbocycles. The Morgan fingerprint density at radius 1 is 1.20 bits per heavy atom. The summed E-state index contributed by atoms with van der Waals surface area (Å²) >= 11 is 3.39. The Bertz CT molecular complexity index is 446. The highest BCUT2D eigenvalue weighted by Crippen LogP contribution is 2.27. The van der Waals surface area contributed by atoms with Crippen molar-refractivity contribution in [2.24, 2.45) is 4.99 Å². The van der Waals surface area contributed by atoms with E-state index in [1.807, 2.05) is 42.5 Å². The van der Waals surface area contributed by atoms with Crippen LogP contribution in [-0.4, -0.2) is 13.0 Å². The Hall–Kier alpha value is -1.35. The first-order valence-electron chi connectivity index (χ1n) is 4.57. The van der Waals surface area contributed by atoms with Gasteiger partial charge < -0.3 is 4.74 Å². The summed E-state index contributed by atoms with van der Waals surface area (Å²) in [6.07, 6.45) is 3.89. The number of halogens is 1. The standard InChI is InChI=1S/C12H10BrNO/c1-15-12(9-5-3-2-4-6-9)14-11-8-7-10(11)13/h2-8H,1H3. The van der Waals surface area contributed by atoms with Gasteiger partial charge in [0.05, 0.1) is 12.8 Å². The van der Waals surface area contributed by atoms with E-state index in [-0.39, 0.29) is 0 Å². The predicted molar refractivity (Wildman–Crippen MR) is 65.1 cm³/mol. The molecule has 0 unspecified atom stereocenters. The van der Waals surface area contributed by atoms with Crippen LogP contribution in [0, 0.1) is 0 Å². The van der Waals surface area contributed by atoms with Crippen molar-refractivity contribution in [3.8, 4) is 0 Å². The van der Waals surface area contributed by atoms with Crippen molar-refractivity contribution in [2.45, 2.75) is 0 Å². The minimum atomic E-state index is 0.631. The Morgan fingerprint density at radius 3 is 2.40 bits per heavy atom. The van der Waals surface area contributed by atoms with Crippen molar-refractivity contribution >= 4 is 21.8 Å². The second kappa shape index (κ2) is 4.45. The number of rotatable bonds is 2. The summed E-state index contributed by atoms with van der Waals surface area (Å²) in [5.41, 5.74) is 1.89. The number of ether oxygens (including phenoxy) is 1. The van der Waals surface area contributed by atoms with E-state index in [1.54, 1.807) is 7.11 Å². The molecule has 0 spiro atoms. The lowest BCUT2D eigenvalue weighted by Crippen LogP contribution is -2.05. The van der Waals surface area contributed by atoms with Gasteiger partial charge in [-0.1, -0.05) is 18.2 Å². The third-order valence-electron chi connectivity index (χ3n) is 2.07. The number of nitrogens with zero attached hydrogens (tertiary/aromatic N) is 1. The van der Waals surface area contributed by atoms with Crippen LogP contribution in [0.4, 0.5) is 0 Å². The van der Waals surface area contributed by atoms with Gasteiger partial charge in [-0.15, -0.1) is 0 Å². The summed E-state index contributed by atoms with van der Waals surface area (Å²) in [5, 5.41) is 0. The van der Waals surface area contributed by atoms with Crippen molar-refractivity contribution in [3.63, 3.8) is 0 Å². The lowest BCUT2D eigenvalue weighted by atomic mass is 10.2. The predicted octanol–water partition coefficient (Wildman–Crippen LogP) is 3.26. The number of methoxy groups -OCH3 is 1. The fourth-order valence-electron chi connectivity index (χ4n) is 1.23. The first-order valence-corrected chi connectivity index (χ1v) is 5.36. The minimum Gasteiger partial charge on any atom is -0.481 e. The zero-order valence-corrected chi connectivity index (χ0v) is 9.86. The van der Waals surface area contributed by atoms with Crippen LogP contribution in [0.25, 0.3) is 0 Å². The molecule has 0 fully saturated rings. The smallest absolute Gasteiger partial charge is 0.221 e. The molecule has 0 atom stereocenters. The largest absolute Gasteiger partial charge is 0.481 e. The summed E-state index contributed by atoms with van der Waals surface area (Å²) in [4.78, 5) is 4.39. The minimum absolute atomic E-state index is 0.631. The third kappa shape index (κ3) is 2.18. The monoisotopic (exact) mass is 263 g/mol. The summed E-state index contributed by atoms with van der Waals surface area (Å²) < 4.78 is 6.26. The zero-order chi connectivity index (χ0) is 10.7. The van der Waals surface area contributed by atoms with E-state index in [0.29, 0.717) is 5.90 Å². The molecule has 3 heteroatoms. The highest BCUT2D eigenvalue weighted by atomic mass is 79.9. The molecule has 1 aromatic carbocycles. The Morgan fingerprint density at radius 2 is 1.93 bits per heavy atom. The van der Waals surface area contributed by atoms with Gasteiger partial charge in [0.2, 0.25) is 5.90 Å². The van der Waals surface area contributed by atoms with Gasteiger partial charge in [-0.25, -0.2) is 4.99 Å². The number of hydrogen-bond donors (Lipinski definition) is 0. The molecule has 0 heterocycles. The van der Waals surface area contributed by atoms with Gasteiger partial charge in [-0.3, -0.25) is 0 Å². The quantitative estimate of drug-likeness (QED) is 0.593. The van der Waals surface area contributed by atoms with E-state index < -0.39 is 0 Å². The number of benzene rings is 1. The van der Waals surface area contributed by atoms with E-state index in [9.17, 15) is 0 Å². The maximum atomic E-state index is 5.25. The lowest BCUT2D eigenvalue weighted by Gasteiger charge is -2.10. The second-order valence-electron chi connectivity index (χ2n) is 3.05. The highest BCUT2D eigenvalue weighted by Gasteiger charge is 2.10. The third-order valence-corrected chi connectivity index (χ3v) is 2.74. The maximum Gasteiger partial charge on any atom is 0.221 e. The number of aliphatic imine (C=N–C) groups is 1. The second-order valence-corrected chi connectivity index (χ2v) is 3.91. The molecule has 0 radical (unpaired) electrons. The average Bonchev–Trinajstić information content (AvgIpc) is 2.29. The van der Waals surface area contributed by atoms with E-state index in [0.717, 1.165) is 15.7 Å². The van der Waals surface area contributed by atoms with Crippen LogP contribution in [0.2, 0.25) is 0 Å². The first-order chi connectivity index (χ1) is 7.31. The van der Waals surface area contributed by atoms with E-state index in [1.165, 1.54) is 0 Å². The highest BCUT2D eigenvalue weighted by molar-refractivity contribution is 9.12. The summed E-state index contributed by atoms with van der Waals surface area (Å²) in [6, 6.07) is 9.83. The van der Waals surface area contributed by atoms with Gasteiger partial charge in [-0.2, -0.15) is 0 Å². The number of hydrogen-bond acceptors (Lipinski definition) is 2. The van der Waals surface area contributed by atoms with Gasteiger partial charge in [0, 0.05) is 10.0 Å². The molecule has 2 rings (SSSR count). The van der Waals surface area contributed by atoms with Gasteiger partial charge in [0.1, 0.15) is 0 Å². The Labute approximate surface area is 97.1 Å². The van der Waals surface area contributed by atoms with Crippen molar-refractivity contribution in [2.75, 3.05) is 7.11 Å². The Kier molecular flexibility index (Phi) is 3.02. The number of allylic oxidation sites excluding steroid dienone is 3. The van der Waals surface area contributed by atoms with Crippen molar-refractivity contribution in [1.82, 2.24) is 0 Å². The van der Waals surface area contributed by atoms with Crippen molar-refractivity contribution in [3.05, 3.63) is 58.2 Å². The van der Waals surface area contributed by atoms with Crippen LogP contribution in [-0.2, 0) is 4.74 Å². The molecule has 0 aliphatic heterocycles. The molecule has 0 saturated heterocycles. The van der Waals surface area contributed by atoms with Crippen LogP contribution in [0.15, 0.2) is 57.7 Å². The van der Waals surface area contributed by atoms with Crippen LogP contribution in [0.1, 0.15) is 5.56 Å². The molecule has 1 aromatic rings. The van der Waals surface area contributed by atoms with Crippen LogP contribution in [0.3, 0.4) is 0 Å². The lowest BCUT2D eigenvalue weighted by molar-refractivity contribution is 0.404. The molecule has 15 heavy (non-hydrogen) atoms. The van der Waals surface area contributed by atoms with Crippen molar-refractivity contribution in [1.29, 1.82) is 0 Å². The summed E-state index contributed by atoms with van der Waals surface area (Å²) in [5.74, 6) is 0.631. The Balaban J connectivity index is 2.25. The summed E-state index contributed by atoms with van der Waals surface area (Å²) in [7, 11) is 1.63. The topological polar surface area (TPSA) is 21.6 Å². The molecule has 0 bridgehead atoms. The first kappa shape index (κ1) is 10.2. The molecular weight excluding hydrogens is 254 g/mol.